The van der Waals surface area contributed by atoms with E-state index >= 15 is 0 Å². The molecule has 0 unspecified atom stereocenters. The fourth-order valence-corrected chi connectivity index (χ4v) is 4.26. The average molecular weight is 454 g/mol. The van der Waals surface area contributed by atoms with Gasteiger partial charge in [-0.25, -0.2) is 9.97 Å². The van der Waals surface area contributed by atoms with Gasteiger partial charge in [0.2, 0.25) is 0 Å². The Kier molecular flexibility index (Phi) is 4.67. The predicted octanol–water partition coefficient (Wildman–Crippen LogP) is 5.60. The lowest BCUT2D eigenvalue weighted by Gasteiger charge is -2.28. The minimum atomic E-state index is 0.724. The zero-order valence-electron chi connectivity index (χ0n) is 15.1. The van der Waals surface area contributed by atoms with Crippen molar-refractivity contribution < 1.29 is 0 Å². The summed E-state index contributed by atoms with van der Waals surface area (Å²) < 4.78 is 1.10. The van der Waals surface area contributed by atoms with Crippen molar-refractivity contribution in [2.75, 3.05) is 6.54 Å². The van der Waals surface area contributed by atoms with Gasteiger partial charge in [0.15, 0.2) is 5.82 Å². The third-order valence-electron chi connectivity index (χ3n) is 5.24. The van der Waals surface area contributed by atoms with Crippen LogP contribution < -0.4 is 0 Å². The van der Waals surface area contributed by atoms with Gasteiger partial charge in [-0.3, -0.25) is 4.90 Å². The maximum absolute atomic E-state index is 5.98. The number of nitrogens with zero attached hydrogens (tertiary/aromatic N) is 3. The summed E-state index contributed by atoms with van der Waals surface area (Å²) >= 11 is 9.56. The minimum absolute atomic E-state index is 0.724. The highest BCUT2D eigenvalue weighted by Gasteiger charge is 2.20. The molecule has 2 aromatic carbocycles. The van der Waals surface area contributed by atoms with E-state index < -0.39 is 0 Å². The Balaban J connectivity index is 1.36. The molecule has 0 amide bonds. The van der Waals surface area contributed by atoms with E-state index in [0.29, 0.717) is 0 Å². The number of hydrogen-bond acceptors (Lipinski definition) is 3. The van der Waals surface area contributed by atoms with E-state index in [2.05, 4.69) is 55.2 Å². The van der Waals surface area contributed by atoms with Gasteiger partial charge in [0.25, 0.3) is 0 Å². The molecule has 6 heteroatoms. The number of benzene rings is 2. The van der Waals surface area contributed by atoms with Crippen molar-refractivity contribution in [3.63, 3.8) is 0 Å². The molecule has 3 heterocycles. The second-order valence-electron chi connectivity index (χ2n) is 7.14. The van der Waals surface area contributed by atoms with Gasteiger partial charge in [-0.05, 0) is 48.0 Å². The quantitative estimate of drug-likeness (QED) is 0.439. The van der Waals surface area contributed by atoms with Crippen molar-refractivity contribution in [2.24, 2.45) is 0 Å². The number of nitrogens with one attached hydrogen (secondary N) is 1. The van der Waals surface area contributed by atoms with E-state index in [4.69, 9.17) is 16.6 Å². The van der Waals surface area contributed by atoms with Gasteiger partial charge in [-0.15, -0.1) is 0 Å². The summed E-state index contributed by atoms with van der Waals surface area (Å²) in [6.07, 6.45) is 5.03. The maximum Gasteiger partial charge on any atom is 0.159 e. The molecule has 2 aromatic heterocycles. The first kappa shape index (κ1) is 17.9. The second kappa shape index (κ2) is 7.32. The van der Waals surface area contributed by atoms with Crippen molar-refractivity contribution >= 4 is 38.4 Å². The number of hydrogen-bond donors (Lipinski definition) is 1. The molecule has 5 rings (SSSR count). The standard InChI is InChI=1S/C22H18BrClN4/c23-17-3-6-21-19(9-17)15(10-25-21)12-28-8-7-20-16(13-28)11-26-22(27-20)14-1-4-18(24)5-2-14/h1-6,9-11,25H,7-8,12-13H2. The average Bonchev–Trinajstić information content (AvgIpc) is 3.10. The number of fused-ring (bicyclic) bond motifs is 2. The molecule has 4 nitrogen and oxygen atoms in total. The van der Waals surface area contributed by atoms with E-state index in [0.717, 1.165) is 52.6 Å². The molecule has 140 valence electrons. The number of rotatable bonds is 3. The van der Waals surface area contributed by atoms with E-state index in [1.54, 1.807) is 0 Å². The summed E-state index contributed by atoms with van der Waals surface area (Å²) in [5.74, 6) is 0.769. The fraction of sp³-hybridized carbons (Fsp3) is 0.182. The van der Waals surface area contributed by atoms with Crippen LogP contribution in [0.15, 0.2) is 59.3 Å². The molecule has 0 atom stereocenters. The highest BCUT2D eigenvalue weighted by Crippen LogP contribution is 2.27. The largest absolute Gasteiger partial charge is 0.361 e. The lowest BCUT2D eigenvalue weighted by Crippen LogP contribution is -2.30. The lowest BCUT2D eigenvalue weighted by atomic mass is 10.1. The van der Waals surface area contributed by atoms with Crippen LogP contribution in [-0.2, 0) is 19.5 Å². The van der Waals surface area contributed by atoms with Crippen molar-refractivity contribution in [3.8, 4) is 11.4 Å². The van der Waals surface area contributed by atoms with Crippen LogP contribution in [0.3, 0.4) is 0 Å². The molecule has 1 N–H and O–H groups in total. The van der Waals surface area contributed by atoms with Crippen LogP contribution in [0.5, 0.6) is 0 Å². The number of aromatic nitrogens is 3. The summed E-state index contributed by atoms with van der Waals surface area (Å²) in [4.78, 5) is 15.2. The zero-order chi connectivity index (χ0) is 19.1. The zero-order valence-corrected chi connectivity index (χ0v) is 17.5. The molecular weight excluding hydrogens is 436 g/mol. The van der Waals surface area contributed by atoms with Crippen LogP contribution in [0.2, 0.25) is 5.02 Å². The predicted molar refractivity (Wildman–Crippen MR) is 116 cm³/mol. The first-order valence-electron chi connectivity index (χ1n) is 9.24. The normalized spacial score (nSPS) is 14.4. The summed E-state index contributed by atoms with van der Waals surface area (Å²) in [5.41, 5.74) is 5.85. The molecule has 1 aliphatic heterocycles. The summed E-state index contributed by atoms with van der Waals surface area (Å²) in [5, 5.41) is 2.00. The molecule has 0 aliphatic carbocycles. The van der Waals surface area contributed by atoms with Gasteiger partial charge in [0.1, 0.15) is 0 Å². The van der Waals surface area contributed by atoms with Gasteiger partial charge in [0.05, 0.1) is 5.69 Å². The number of aromatic amines is 1. The molecule has 0 spiro atoms. The van der Waals surface area contributed by atoms with Crippen molar-refractivity contribution in [1.29, 1.82) is 0 Å². The van der Waals surface area contributed by atoms with Gasteiger partial charge in [-0.1, -0.05) is 27.5 Å². The topological polar surface area (TPSA) is 44.8 Å². The Hall–Kier alpha value is -2.21. The fourth-order valence-electron chi connectivity index (χ4n) is 3.77. The SMILES string of the molecule is Clc1ccc(-c2ncc3c(n2)CCN(Cc2c[nH]c4ccc(Br)cc24)C3)cc1. The second-order valence-corrected chi connectivity index (χ2v) is 8.49. The summed E-state index contributed by atoms with van der Waals surface area (Å²) in [6, 6.07) is 14.0. The maximum atomic E-state index is 5.98. The van der Waals surface area contributed by atoms with Crippen LogP contribution in [0.4, 0.5) is 0 Å². The van der Waals surface area contributed by atoms with Crippen molar-refractivity contribution in [1.82, 2.24) is 19.9 Å². The number of H-pyrrole nitrogens is 1. The molecule has 0 bridgehead atoms. The molecule has 28 heavy (non-hydrogen) atoms. The Morgan fingerprint density at radius 3 is 2.86 bits per heavy atom. The van der Waals surface area contributed by atoms with Gasteiger partial charge < -0.3 is 4.98 Å². The van der Waals surface area contributed by atoms with E-state index in [1.165, 1.54) is 22.0 Å². The monoisotopic (exact) mass is 452 g/mol. The van der Waals surface area contributed by atoms with Crippen LogP contribution in [0.1, 0.15) is 16.8 Å². The molecular formula is C22H18BrClN4. The molecule has 0 saturated carbocycles. The van der Waals surface area contributed by atoms with Gasteiger partial charge >= 0.3 is 0 Å². The number of halogens is 2. The summed E-state index contributed by atoms with van der Waals surface area (Å²) in [7, 11) is 0. The highest BCUT2D eigenvalue weighted by atomic mass is 79.9. The highest BCUT2D eigenvalue weighted by molar-refractivity contribution is 9.10. The first-order chi connectivity index (χ1) is 13.7. The summed E-state index contributed by atoms with van der Waals surface area (Å²) in [6.45, 7) is 2.77. The molecule has 0 saturated heterocycles. The Morgan fingerprint density at radius 1 is 1.14 bits per heavy atom. The van der Waals surface area contributed by atoms with Crippen molar-refractivity contribution in [2.45, 2.75) is 19.5 Å². The minimum Gasteiger partial charge on any atom is -0.361 e. The molecule has 0 radical (unpaired) electrons. The van der Waals surface area contributed by atoms with Crippen LogP contribution in [-0.4, -0.2) is 26.4 Å². The molecule has 4 aromatic rings. The van der Waals surface area contributed by atoms with E-state index in [1.807, 2.05) is 30.5 Å². The van der Waals surface area contributed by atoms with Gasteiger partial charge in [0, 0.05) is 70.0 Å². The third-order valence-corrected chi connectivity index (χ3v) is 5.98. The lowest BCUT2D eigenvalue weighted by molar-refractivity contribution is 0.244. The smallest absolute Gasteiger partial charge is 0.159 e. The van der Waals surface area contributed by atoms with Crippen molar-refractivity contribution in [3.05, 3.63) is 81.2 Å². The first-order valence-corrected chi connectivity index (χ1v) is 10.4. The Labute approximate surface area is 176 Å². The van der Waals surface area contributed by atoms with Crippen LogP contribution in [0.25, 0.3) is 22.3 Å². The van der Waals surface area contributed by atoms with E-state index in [-0.39, 0.29) is 0 Å². The van der Waals surface area contributed by atoms with E-state index in [9.17, 15) is 0 Å². The van der Waals surface area contributed by atoms with Crippen LogP contribution >= 0.6 is 27.5 Å². The Bertz CT molecular complexity index is 1150. The molecule has 0 fully saturated rings. The van der Waals surface area contributed by atoms with Gasteiger partial charge in [-0.2, -0.15) is 0 Å². The van der Waals surface area contributed by atoms with Crippen LogP contribution in [0, 0.1) is 0 Å². The molecule has 1 aliphatic rings. The third kappa shape index (κ3) is 3.46. The Morgan fingerprint density at radius 2 is 2.00 bits per heavy atom.